The summed E-state index contributed by atoms with van der Waals surface area (Å²) in [7, 11) is 0. The van der Waals surface area contributed by atoms with Gasteiger partial charge >= 0.3 is 0 Å². The van der Waals surface area contributed by atoms with Crippen molar-refractivity contribution in [1.82, 2.24) is 14.6 Å². The zero-order valence-electron chi connectivity index (χ0n) is 15.6. The quantitative estimate of drug-likeness (QED) is 0.725. The van der Waals surface area contributed by atoms with Crippen molar-refractivity contribution in [2.75, 3.05) is 18.5 Å². The molecule has 2 unspecified atom stereocenters. The maximum absolute atomic E-state index is 6.09. The van der Waals surface area contributed by atoms with Crippen LogP contribution < -0.4 is 5.32 Å². The first-order valence-corrected chi connectivity index (χ1v) is 10.1. The summed E-state index contributed by atoms with van der Waals surface area (Å²) >= 11 is 1.61. The molecule has 1 aromatic carbocycles. The standard InChI is InChI=1S/C20H26N4OS/c1-20(2,3)16-13-24-19(22-16)26-18(23-24)21-12-15-10-7-11-25-17(15)14-8-5-4-6-9-14/h4-6,8-9,13,15,17H,7,10-12H2,1-3H3,(H,21,23). The molecule has 2 aromatic heterocycles. The molecule has 138 valence electrons. The van der Waals surface area contributed by atoms with E-state index >= 15 is 0 Å². The number of imidazole rings is 1. The van der Waals surface area contributed by atoms with E-state index in [2.05, 4.69) is 61.5 Å². The normalized spacial score (nSPS) is 21.2. The first kappa shape index (κ1) is 17.5. The average Bonchev–Trinajstić information content (AvgIpc) is 3.19. The number of rotatable bonds is 4. The highest BCUT2D eigenvalue weighted by Crippen LogP contribution is 2.34. The van der Waals surface area contributed by atoms with Crippen molar-refractivity contribution in [3.8, 4) is 0 Å². The molecule has 5 nitrogen and oxygen atoms in total. The molecule has 0 spiro atoms. The Kier molecular flexibility index (Phi) is 4.71. The molecule has 4 rings (SSSR count). The molecule has 0 radical (unpaired) electrons. The first-order valence-electron chi connectivity index (χ1n) is 9.28. The highest BCUT2D eigenvalue weighted by molar-refractivity contribution is 7.20. The molecule has 0 saturated carbocycles. The van der Waals surface area contributed by atoms with Crippen LogP contribution in [0.25, 0.3) is 4.96 Å². The van der Waals surface area contributed by atoms with Gasteiger partial charge in [0.1, 0.15) is 0 Å². The average molecular weight is 371 g/mol. The highest BCUT2D eigenvalue weighted by Gasteiger charge is 2.27. The van der Waals surface area contributed by atoms with E-state index in [1.165, 1.54) is 12.0 Å². The van der Waals surface area contributed by atoms with Crippen molar-refractivity contribution in [1.29, 1.82) is 0 Å². The van der Waals surface area contributed by atoms with Crippen LogP contribution in [0.1, 0.15) is 51.0 Å². The lowest BCUT2D eigenvalue weighted by Gasteiger charge is -2.32. The summed E-state index contributed by atoms with van der Waals surface area (Å²) in [5.74, 6) is 0.451. The number of nitrogens with one attached hydrogen (secondary N) is 1. The van der Waals surface area contributed by atoms with Gasteiger partial charge in [-0.25, -0.2) is 9.50 Å². The van der Waals surface area contributed by atoms with Crippen molar-refractivity contribution in [2.24, 2.45) is 5.92 Å². The minimum atomic E-state index is 0.0450. The van der Waals surface area contributed by atoms with Gasteiger partial charge in [0.2, 0.25) is 10.1 Å². The Hall–Kier alpha value is -1.92. The summed E-state index contributed by atoms with van der Waals surface area (Å²) in [5, 5.41) is 9.09. The molecule has 0 bridgehead atoms. The van der Waals surface area contributed by atoms with Crippen molar-refractivity contribution in [3.63, 3.8) is 0 Å². The van der Waals surface area contributed by atoms with Crippen LogP contribution in [0.15, 0.2) is 36.5 Å². The van der Waals surface area contributed by atoms with Gasteiger partial charge < -0.3 is 10.1 Å². The molecule has 1 aliphatic heterocycles. The number of fused-ring (bicyclic) bond motifs is 1. The lowest BCUT2D eigenvalue weighted by Crippen LogP contribution is -2.28. The van der Waals surface area contributed by atoms with E-state index in [9.17, 15) is 0 Å². The van der Waals surface area contributed by atoms with E-state index < -0.39 is 0 Å². The van der Waals surface area contributed by atoms with Crippen LogP contribution >= 0.6 is 11.3 Å². The van der Waals surface area contributed by atoms with Gasteiger partial charge in [0.05, 0.1) is 18.0 Å². The van der Waals surface area contributed by atoms with Gasteiger partial charge in [-0.3, -0.25) is 0 Å². The number of hydrogen-bond donors (Lipinski definition) is 1. The molecule has 3 heterocycles. The maximum atomic E-state index is 6.09. The molecule has 3 aromatic rings. The molecule has 26 heavy (non-hydrogen) atoms. The van der Waals surface area contributed by atoms with Crippen molar-refractivity contribution in [2.45, 2.75) is 45.1 Å². The topological polar surface area (TPSA) is 51.5 Å². The van der Waals surface area contributed by atoms with Gasteiger partial charge in [0, 0.05) is 24.5 Å². The van der Waals surface area contributed by atoms with Gasteiger partial charge in [0.15, 0.2) is 0 Å². The second-order valence-electron chi connectivity index (χ2n) is 8.00. The lowest BCUT2D eigenvalue weighted by atomic mass is 9.89. The Morgan fingerprint density at radius 1 is 1.27 bits per heavy atom. The summed E-state index contributed by atoms with van der Waals surface area (Å²) < 4.78 is 7.98. The van der Waals surface area contributed by atoms with E-state index in [1.807, 2.05) is 10.7 Å². The fourth-order valence-electron chi connectivity index (χ4n) is 3.41. The predicted octanol–water partition coefficient (Wildman–Crippen LogP) is 4.67. The van der Waals surface area contributed by atoms with Gasteiger partial charge in [-0.1, -0.05) is 62.4 Å². The van der Waals surface area contributed by atoms with Gasteiger partial charge in [-0.05, 0) is 18.4 Å². The van der Waals surface area contributed by atoms with Crippen molar-refractivity contribution < 1.29 is 4.74 Å². The van der Waals surface area contributed by atoms with Crippen LogP contribution in [0, 0.1) is 5.92 Å². The van der Waals surface area contributed by atoms with Crippen molar-refractivity contribution >= 4 is 21.4 Å². The van der Waals surface area contributed by atoms with Crippen LogP contribution in [0.5, 0.6) is 0 Å². The molecule has 1 N–H and O–H groups in total. The summed E-state index contributed by atoms with van der Waals surface area (Å²) in [5.41, 5.74) is 2.39. The van der Waals surface area contributed by atoms with E-state index in [-0.39, 0.29) is 11.5 Å². The molecule has 1 saturated heterocycles. The van der Waals surface area contributed by atoms with E-state index in [4.69, 9.17) is 9.72 Å². The van der Waals surface area contributed by atoms with E-state index in [1.54, 1.807) is 11.3 Å². The number of ether oxygens (including phenoxy) is 1. The first-order chi connectivity index (χ1) is 12.5. The fourth-order valence-corrected chi connectivity index (χ4v) is 4.20. The van der Waals surface area contributed by atoms with Crippen LogP contribution in [0.2, 0.25) is 0 Å². The van der Waals surface area contributed by atoms with E-state index in [0.717, 1.165) is 35.4 Å². The zero-order chi connectivity index (χ0) is 18.1. The number of hydrogen-bond acceptors (Lipinski definition) is 5. The van der Waals surface area contributed by atoms with Crippen LogP contribution in [-0.2, 0) is 10.2 Å². The minimum absolute atomic E-state index is 0.0450. The summed E-state index contributed by atoms with van der Waals surface area (Å²) in [6, 6.07) is 10.5. The Balaban J connectivity index is 1.45. The third-order valence-electron chi connectivity index (χ3n) is 4.90. The van der Waals surface area contributed by atoms with Crippen LogP contribution in [-0.4, -0.2) is 27.7 Å². The highest BCUT2D eigenvalue weighted by atomic mass is 32.1. The second kappa shape index (κ2) is 7.00. The fraction of sp³-hybridized carbons (Fsp3) is 0.500. The predicted molar refractivity (Wildman–Crippen MR) is 106 cm³/mol. The summed E-state index contributed by atoms with van der Waals surface area (Å²) in [6.07, 6.45) is 4.48. The minimum Gasteiger partial charge on any atom is -0.373 e. The molecule has 2 atom stereocenters. The lowest BCUT2D eigenvalue weighted by molar-refractivity contribution is -0.0238. The van der Waals surface area contributed by atoms with Crippen LogP contribution in [0.3, 0.4) is 0 Å². The molecule has 1 fully saturated rings. The third kappa shape index (κ3) is 3.62. The molecular weight excluding hydrogens is 344 g/mol. The Bertz CT molecular complexity index is 833. The largest absolute Gasteiger partial charge is 0.373 e. The van der Waals surface area contributed by atoms with Gasteiger partial charge in [-0.2, -0.15) is 0 Å². The zero-order valence-corrected chi connectivity index (χ0v) is 16.4. The van der Waals surface area contributed by atoms with Gasteiger partial charge in [-0.15, -0.1) is 5.10 Å². The Morgan fingerprint density at radius 2 is 2.08 bits per heavy atom. The molecule has 6 heteroatoms. The molecular formula is C20H26N4OS. The number of benzene rings is 1. The molecule has 0 amide bonds. The molecule has 1 aliphatic rings. The SMILES string of the molecule is CC(C)(C)c1cn2nc(NCC3CCCOC3c3ccccc3)sc2n1. The maximum Gasteiger partial charge on any atom is 0.214 e. The number of nitrogens with zero attached hydrogens (tertiary/aromatic N) is 3. The molecule has 0 aliphatic carbocycles. The summed E-state index contributed by atoms with van der Waals surface area (Å²) in [4.78, 5) is 5.66. The van der Waals surface area contributed by atoms with Crippen LogP contribution in [0.4, 0.5) is 5.13 Å². The second-order valence-corrected chi connectivity index (χ2v) is 8.95. The number of anilines is 1. The summed E-state index contributed by atoms with van der Waals surface area (Å²) in [6.45, 7) is 8.22. The number of aromatic nitrogens is 3. The van der Waals surface area contributed by atoms with Crippen molar-refractivity contribution in [3.05, 3.63) is 47.8 Å². The Labute approximate surface area is 158 Å². The van der Waals surface area contributed by atoms with E-state index in [0.29, 0.717) is 5.92 Å². The van der Waals surface area contributed by atoms with Gasteiger partial charge in [0.25, 0.3) is 0 Å². The monoisotopic (exact) mass is 370 g/mol. The smallest absolute Gasteiger partial charge is 0.214 e. The third-order valence-corrected chi connectivity index (χ3v) is 5.78. The Morgan fingerprint density at radius 3 is 2.81 bits per heavy atom.